The van der Waals surface area contributed by atoms with E-state index in [1.165, 1.54) is 0 Å². The monoisotopic (exact) mass is 148 g/mol. The second kappa shape index (κ2) is 38.9. The maximum Gasteiger partial charge on any atom is 0.0662 e. The second-order valence-electron chi connectivity index (χ2n) is 0.447. The van der Waals surface area contributed by atoms with Crippen LogP contribution in [0.3, 0.4) is 0 Å². The first-order valence-corrected chi connectivity index (χ1v) is 1.39. The fourth-order valence-electron chi connectivity index (χ4n) is 0. The molecule has 0 fully saturated rings. The standard InChI is InChI=1S/C2H6O2.CHN.Co/c3-1-2-4;1-2;/h3-4H,1-2H2;1H;. The van der Waals surface area contributed by atoms with E-state index >= 15 is 0 Å². The van der Waals surface area contributed by atoms with E-state index in [9.17, 15) is 0 Å². The number of rotatable bonds is 1. The second-order valence-corrected chi connectivity index (χ2v) is 0.447. The summed E-state index contributed by atoms with van der Waals surface area (Å²) in [4.78, 5) is 0. The molecule has 45 valence electrons. The van der Waals surface area contributed by atoms with Crippen molar-refractivity contribution in [2.45, 2.75) is 0 Å². The average molecular weight is 148 g/mol. The first kappa shape index (κ1) is 15.8. The van der Waals surface area contributed by atoms with Gasteiger partial charge in [-0.1, -0.05) is 0 Å². The molecule has 0 unspecified atom stereocenters. The summed E-state index contributed by atoms with van der Waals surface area (Å²) in [6, 6.07) is 0. The molecule has 0 aliphatic heterocycles. The summed E-state index contributed by atoms with van der Waals surface area (Å²) in [6.07, 6.45) is 0. The third-order valence-corrected chi connectivity index (χ3v) is 0.1000. The molecule has 0 bridgehead atoms. The van der Waals surface area contributed by atoms with E-state index in [2.05, 4.69) is 6.57 Å². The van der Waals surface area contributed by atoms with Gasteiger partial charge in [-0.05, 0) is 0 Å². The Hall–Kier alpha value is -0.0835. The van der Waals surface area contributed by atoms with Crippen molar-refractivity contribution >= 4 is 0 Å². The van der Waals surface area contributed by atoms with Gasteiger partial charge in [-0.25, -0.2) is 5.26 Å². The van der Waals surface area contributed by atoms with E-state index in [0.29, 0.717) is 0 Å². The Kier molecular flexibility index (Phi) is 87.8. The van der Waals surface area contributed by atoms with Crippen LogP contribution in [-0.4, -0.2) is 23.4 Å². The van der Waals surface area contributed by atoms with Crippen LogP contribution in [0.25, 0.3) is 0 Å². The quantitative estimate of drug-likeness (QED) is 0.506. The van der Waals surface area contributed by atoms with Gasteiger partial charge in [0.2, 0.25) is 0 Å². The zero-order valence-electron chi connectivity index (χ0n) is 3.67. The molecule has 7 heavy (non-hydrogen) atoms. The molecule has 0 saturated heterocycles. The predicted molar refractivity (Wildman–Crippen MR) is 20.8 cm³/mol. The minimum atomic E-state index is -0.125. The summed E-state index contributed by atoms with van der Waals surface area (Å²) in [6.45, 7) is 3.25. The molecular formula is C3H7CoNO2. The third-order valence-electron chi connectivity index (χ3n) is 0.1000. The number of hydrogen-bond donors (Lipinski definition) is 2. The van der Waals surface area contributed by atoms with Crippen molar-refractivity contribution in [2.75, 3.05) is 13.2 Å². The van der Waals surface area contributed by atoms with Crippen LogP contribution in [0.2, 0.25) is 0 Å². The SMILES string of the molecule is C#N.OCCO.[Co]. The van der Waals surface area contributed by atoms with Gasteiger partial charge in [-0.3, -0.25) is 0 Å². The fraction of sp³-hybridized carbons (Fsp3) is 0.667. The summed E-state index contributed by atoms with van der Waals surface area (Å²) in [7, 11) is 0. The van der Waals surface area contributed by atoms with Crippen molar-refractivity contribution in [1.29, 1.82) is 5.26 Å². The van der Waals surface area contributed by atoms with Crippen molar-refractivity contribution < 1.29 is 27.0 Å². The van der Waals surface area contributed by atoms with Crippen LogP contribution in [0, 0.1) is 11.8 Å². The van der Waals surface area contributed by atoms with Gasteiger partial charge in [-0.2, -0.15) is 0 Å². The summed E-state index contributed by atoms with van der Waals surface area (Å²) in [5, 5.41) is 21.8. The van der Waals surface area contributed by atoms with Crippen LogP contribution in [0.4, 0.5) is 0 Å². The van der Waals surface area contributed by atoms with Crippen LogP contribution in [0.5, 0.6) is 0 Å². The third kappa shape index (κ3) is 108. The molecule has 4 heteroatoms. The van der Waals surface area contributed by atoms with Crippen LogP contribution in [-0.2, 0) is 16.8 Å². The number of aliphatic hydroxyl groups excluding tert-OH is 2. The molecule has 0 aliphatic rings. The zero-order chi connectivity index (χ0) is 5.41. The molecule has 0 heterocycles. The minimum Gasteiger partial charge on any atom is -0.394 e. The van der Waals surface area contributed by atoms with Crippen LogP contribution in [0.15, 0.2) is 0 Å². The molecule has 3 nitrogen and oxygen atoms in total. The molecule has 0 aromatic rings. The van der Waals surface area contributed by atoms with Gasteiger partial charge in [0.25, 0.3) is 0 Å². The molecule has 0 amide bonds. The predicted octanol–water partition coefficient (Wildman–Crippen LogP) is -0.892. The largest absolute Gasteiger partial charge is 0.394 e. The Labute approximate surface area is 52.8 Å². The molecule has 0 spiro atoms. The molecule has 1 radical (unpaired) electrons. The first-order valence-electron chi connectivity index (χ1n) is 1.39. The van der Waals surface area contributed by atoms with Crippen LogP contribution in [0.1, 0.15) is 0 Å². The van der Waals surface area contributed by atoms with Crippen molar-refractivity contribution in [3.05, 3.63) is 0 Å². The van der Waals surface area contributed by atoms with Gasteiger partial charge in [0, 0.05) is 23.4 Å². The van der Waals surface area contributed by atoms with Crippen LogP contribution >= 0.6 is 0 Å². The maximum atomic E-state index is 7.62. The topological polar surface area (TPSA) is 64.2 Å². The van der Waals surface area contributed by atoms with Crippen molar-refractivity contribution in [3.63, 3.8) is 0 Å². The van der Waals surface area contributed by atoms with Crippen molar-refractivity contribution in [2.24, 2.45) is 0 Å². The van der Waals surface area contributed by atoms with E-state index in [-0.39, 0.29) is 30.0 Å². The molecule has 0 aliphatic carbocycles. The number of aliphatic hydroxyl groups is 2. The molecule has 0 aromatic carbocycles. The van der Waals surface area contributed by atoms with Gasteiger partial charge in [0.1, 0.15) is 0 Å². The molecule has 0 atom stereocenters. The molecule has 0 saturated carbocycles. The maximum absolute atomic E-state index is 7.62. The van der Waals surface area contributed by atoms with Gasteiger partial charge in [-0.15, -0.1) is 0 Å². The Balaban J connectivity index is -0.0000000480. The van der Waals surface area contributed by atoms with Gasteiger partial charge >= 0.3 is 0 Å². The molecule has 0 aromatic heterocycles. The van der Waals surface area contributed by atoms with Crippen molar-refractivity contribution in [1.82, 2.24) is 0 Å². The van der Waals surface area contributed by atoms with Crippen molar-refractivity contribution in [3.8, 4) is 6.57 Å². The number of nitrogens with zero attached hydrogens (tertiary/aromatic N) is 1. The van der Waals surface area contributed by atoms with E-state index < -0.39 is 0 Å². The average Bonchev–Trinajstić information content (AvgIpc) is 1.72. The summed E-state index contributed by atoms with van der Waals surface area (Å²) >= 11 is 0. The molecule has 0 rings (SSSR count). The summed E-state index contributed by atoms with van der Waals surface area (Å²) in [5.41, 5.74) is 0. The summed E-state index contributed by atoms with van der Waals surface area (Å²) in [5.74, 6) is 0. The van der Waals surface area contributed by atoms with Gasteiger partial charge < -0.3 is 10.2 Å². The number of nitriles is 1. The smallest absolute Gasteiger partial charge is 0.0662 e. The van der Waals surface area contributed by atoms with Crippen LogP contribution < -0.4 is 0 Å². The van der Waals surface area contributed by atoms with E-state index in [1.807, 2.05) is 0 Å². The van der Waals surface area contributed by atoms with E-state index in [4.69, 9.17) is 15.5 Å². The van der Waals surface area contributed by atoms with Gasteiger partial charge in [0.15, 0.2) is 0 Å². The number of hydrogen-bond acceptors (Lipinski definition) is 3. The zero-order valence-corrected chi connectivity index (χ0v) is 4.71. The molecule has 2 N–H and O–H groups in total. The Morgan fingerprint density at radius 1 is 1.14 bits per heavy atom. The minimum absolute atomic E-state index is 0. The summed E-state index contributed by atoms with van der Waals surface area (Å²) < 4.78 is 0. The fourth-order valence-corrected chi connectivity index (χ4v) is 0. The normalized spacial score (nSPS) is 4.57. The first-order chi connectivity index (χ1) is 2.91. The molecular weight excluding hydrogens is 141 g/mol. The van der Waals surface area contributed by atoms with E-state index in [0.717, 1.165) is 0 Å². The Morgan fingerprint density at radius 2 is 1.29 bits per heavy atom. The Bertz CT molecular complexity index is 29.4. The van der Waals surface area contributed by atoms with E-state index in [1.54, 1.807) is 0 Å². The van der Waals surface area contributed by atoms with Gasteiger partial charge in [0.05, 0.1) is 13.2 Å². The Morgan fingerprint density at radius 3 is 1.29 bits per heavy atom.